The third-order valence-corrected chi connectivity index (χ3v) is 19.9. The third kappa shape index (κ3) is 12.5. The molecule has 2 bridgehead atoms. The van der Waals surface area contributed by atoms with Crippen molar-refractivity contribution < 1.29 is 102 Å². The zero-order chi connectivity index (χ0) is 61.9. The molecule has 0 aromatic heterocycles. The van der Waals surface area contributed by atoms with Crippen molar-refractivity contribution in [2.75, 3.05) is 13.7 Å². The Bertz CT molecular complexity index is 2660. The second-order valence-corrected chi connectivity index (χ2v) is 25.8. The number of rotatable bonds is 12. The van der Waals surface area contributed by atoms with Crippen LogP contribution in [0.5, 0.6) is 0 Å². The number of aldehydes is 1. The van der Waals surface area contributed by atoms with Crippen LogP contribution in [0.15, 0.2) is 58.4 Å². The van der Waals surface area contributed by atoms with Gasteiger partial charge in [-0.1, -0.05) is 50.6 Å². The van der Waals surface area contributed by atoms with Gasteiger partial charge in [-0.15, -0.1) is 0 Å². The number of nitrogens with zero attached hydrogens (tertiary/aromatic N) is 1. The van der Waals surface area contributed by atoms with Crippen LogP contribution >= 0.6 is 0 Å². The summed E-state index contributed by atoms with van der Waals surface area (Å²) in [5, 5.41) is 71.7. The van der Waals surface area contributed by atoms with E-state index in [4.69, 9.17) is 52.1 Å². The monoisotopic (exact) mass is 1200 g/mol. The predicted octanol–water partition coefficient (Wildman–Crippen LogP) is 5.01. The molecule has 6 N–H and O–H groups in total. The highest BCUT2D eigenvalue weighted by Gasteiger charge is 2.65. The molecule has 0 aromatic rings. The highest BCUT2D eigenvalue weighted by Crippen LogP contribution is 2.61. The number of fused-ring (bicyclic) bond motifs is 4. The van der Waals surface area contributed by atoms with E-state index in [0.29, 0.717) is 24.7 Å². The number of carbonyl (C=O) groups excluding carboxylic acids is 5. The Morgan fingerprint density at radius 3 is 2.19 bits per heavy atom. The zero-order valence-electron chi connectivity index (χ0n) is 50.5. The molecule has 1 amide bonds. The normalized spacial score (nSPS) is 48.0. The van der Waals surface area contributed by atoms with Crippen molar-refractivity contribution >= 4 is 30.1 Å². The molecule has 6 fully saturated rings. The number of Topliss-reactive ketones (excluding diaryl/α,β-unsaturated/α-hetero) is 1. The van der Waals surface area contributed by atoms with Crippen LogP contribution in [-0.4, -0.2) is 190 Å². The SMILES string of the molecule is COC(=O)N[C@H]1[C@@H](C)O[C@@H](O[C@H]2C/C=C(/C)[C@@H]3C=C[C@@H]4[C@@H](O[C@H]5C[C@@H](O[C@H]6CO[C@H](C)[C@H](O[C@H]7C[C@@H](O)[C@H](O)[C@@H](C)O7)C6)[C@@H](OC(C)=O)[C@H](C)O5)[C@@H](C)C[C@H](C)[C@H]4[C@]3(C)/C(O)=C3/C(=O)O[C@]4(CC(C=O)=C[C@H](O)[C@H]4/C=C\2C)C3=O)C[C@]1(C)N([O-])O. The first-order valence-electron chi connectivity index (χ1n) is 29.9. The number of amides is 1. The van der Waals surface area contributed by atoms with Gasteiger partial charge in [0, 0.05) is 56.3 Å². The molecular formula is C61H87N2O22-. The summed E-state index contributed by atoms with van der Waals surface area (Å²) in [7, 11) is 1.16. The van der Waals surface area contributed by atoms with E-state index in [1.165, 1.54) is 19.9 Å². The molecule has 0 unspecified atom stereocenters. The molecule has 9 rings (SSSR count). The number of hydrogen-bond acceptors (Lipinski definition) is 23. The Hall–Kier alpha value is -4.51. The number of aliphatic hydroxyl groups is 4. The Morgan fingerprint density at radius 2 is 1.52 bits per heavy atom. The predicted molar refractivity (Wildman–Crippen MR) is 297 cm³/mol. The molecule has 9 aliphatic rings. The molecule has 474 valence electrons. The number of hydrogen-bond donors (Lipinski definition) is 6. The Balaban J connectivity index is 1.05. The highest BCUT2D eigenvalue weighted by atomic mass is 16.8. The van der Waals surface area contributed by atoms with Gasteiger partial charge in [-0.3, -0.25) is 19.6 Å². The van der Waals surface area contributed by atoms with Gasteiger partial charge in [0.15, 0.2) is 30.6 Å². The molecule has 24 heteroatoms. The first kappa shape index (κ1) is 64.9. The lowest BCUT2D eigenvalue weighted by Gasteiger charge is -2.56. The maximum absolute atomic E-state index is 15.5. The van der Waals surface area contributed by atoms with Gasteiger partial charge in [0.05, 0.1) is 92.3 Å². The van der Waals surface area contributed by atoms with Gasteiger partial charge in [-0.05, 0) is 96.3 Å². The number of nitrogens with one attached hydrogen (secondary N) is 1. The average Bonchev–Trinajstić information content (AvgIpc) is 2.03. The van der Waals surface area contributed by atoms with E-state index in [0.717, 1.165) is 12.7 Å². The molecule has 0 aromatic carbocycles. The van der Waals surface area contributed by atoms with E-state index in [2.05, 4.69) is 25.2 Å². The van der Waals surface area contributed by atoms with Crippen LogP contribution in [0.25, 0.3) is 0 Å². The Labute approximate surface area is 495 Å². The second kappa shape index (κ2) is 25.5. The summed E-state index contributed by atoms with van der Waals surface area (Å²) in [6.07, 6.45) is -4.31. The molecule has 1 spiro atoms. The van der Waals surface area contributed by atoms with Gasteiger partial charge >= 0.3 is 18.0 Å². The van der Waals surface area contributed by atoms with Crippen LogP contribution in [0, 0.1) is 46.1 Å². The quantitative estimate of drug-likeness (QED) is 0.0373. The number of hydroxylamine groups is 2. The largest absolute Gasteiger partial charge is 0.762 e. The van der Waals surface area contributed by atoms with Crippen molar-refractivity contribution in [1.82, 2.24) is 10.5 Å². The van der Waals surface area contributed by atoms with E-state index in [9.17, 15) is 50.0 Å². The minimum Gasteiger partial charge on any atom is -0.762 e. The number of aliphatic hydroxyl groups excluding tert-OH is 4. The van der Waals surface area contributed by atoms with Crippen molar-refractivity contribution in [3.8, 4) is 0 Å². The summed E-state index contributed by atoms with van der Waals surface area (Å²) in [5.41, 5.74) is -4.73. The van der Waals surface area contributed by atoms with Gasteiger partial charge in [-0.2, -0.15) is 0 Å². The van der Waals surface area contributed by atoms with E-state index in [1.54, 1.807) is 33.8 Å². The number of esters is 2. The standard InChI is InChI=1S/C61H87N2O22/c1-27-13-16-43(82-48-24-59(10,63(73)74)54(34(8)79-48)62-58(72)75-12)28(2)18-40-41(66)19-36(25-64)23-61(40)56(70)49(57(71)85-61)55(69)60(11)39(27)15-14-38-50(60)29(3)17-30(4)52(38)84-47-22-45(53(33(7)78-47)80-35(9)65)81-37-20-44(31(5)76-26-37)83-46-21-42(67)51(68)32(6)77-46/h13-15,18-19,25,29-34,37-48,50-54,66-69,73H,16-17,20-24,26H2,1-12H3,(H,62,72)/q-1/b27-13-,28-18-,55-49-/t29-,30-,31+,32+,33-,34+,37+,38-,39-,40+,41-,42+,43-,44+,45+,46-,47-,48-,50+,51+,52-,53-,54-,59-,60+,61-/m0/s1. The number of methoxy groups -OCH3 is 1. The van der Waals surface area contributed by atoms with Gasteiger partial charge in [0.25, 0.3) is 0 Å². The summed E-state index contributed by atoms with van der Waals surface area (Å²) in [5.74, 6) is -6.37. The van der Waals surface area contributed by atoms with Crippen molar-refractivity contribution in [3.63, 3.8) is 0 Å². The fourth-order valence-electron chi connectivity index (χ4n) is 15.5. The lowest BCUT2D eigenvalue weighted by molar-refractivity contribution is -0.302. The number of ketones is 1. The van der Waals surface area contributed by atoms with Gasteiger partial charge in [0.1, 0.15) is 29.8 Å². The second-order valence-electron chi connectivity index (χ2n) is 25.8. The molecule has 85 heavy (non-hydrogen) atoms. The van der Waals surface area contributed by atoms with E-state index in [-0.39, 0.29) is 61.0 Å². The minimum absolute atomic E-state index is 0.00487. The summed E-state index contributed by atoms with van der Waals surface area (Å²) in [4.78, 5) is 67.8. The maximum atomic E-state index is 15.5. The molecule has 24 nitrogen and oxygen atoms in total. The van der Waals surface area contributed by atoms with Crippen LogP contribution in [0.2, 0.25) is 0 Å². The topological polar surface area (TPSA) is 326 Å². The highest BCUT2D eigenvalue weighted by molar-refractivity contribution is 6.26. The Kier molecular flexibility index (Phi) is 19.5. The summed E-state index contributed by atoms with van der Waals surface area (Å²) in [6, 6.07) is -1.06. The maximum Gasteiger partial charge on any atom is 0.407 e. The zero-order valence-corrected chi connectivity index (χ0v) is 50.5. The minimum atomic E-state index is -2.19. The van der Waals surface area contributed by atoms with Gasteiger partial charge < -0.3 is 88.3 Å². The molecule has 5 saturated heterocycles. The molecule has 26 atom stereocenters. The summed E-state index contributed by atoms with van der Waals surface area (Å²) < 4.78 is 68.7. The van der Waals surface area contributed by atoms with Crippen LogP contribution in [0.3, 0.4) is 0 Å². The molecule has 4 aliphatic carbocycles. The van der Waals surface area contributed by atoms with Crippen molar-refractivity contribution in [2.45, 2.75) is 237 Å². The van der Waals surface area contributed by atoms with Gasteiger partial charge in [0.2, 0.25) is 5.78 Å². The average molecular weight is 1200 g/mol. The summed E-state index contributed by atoms with van der Waals surface area (Å²) in [6.45, 7) is 19.4. The number of alkyl carbamates (subject to hydrolysis) is 1. The molecular weight excluding hydrogens is 1110 g/mol. The molecule has 5 aliphatic heterocycles. The van der Waals surface area contributed by atoms with Gasteiger partial charge in [-0.25, -0.2) is 9.59 Å². The van der Waals surface area contributed by atoms with Crippen LogP contribution < -0.4 is 5.32 Å². The van der Waals surface area contributed by atoms with Crippen LogP contribution in [0.1, 0.15) is 121 Å². The summed E-state index contributed by atoms with van der Waals surface area (Å²) >= 11 is 0. The van der Waals surface area contributed by atoms with Crippen molar-refractivity contribution in [1.29, 1.82) is 0 Å². The van der Waals surface area contributed by atoms with Crippen LogP contribution in [0.4, 0.5) is 4.79 Å². The van der Waals surface area contributed by atoms with Crippen molar-refractivity contribution in [3.05, 3.63) is 63.6 Å². The lowest BCUT2D eigenvalue weighted by Crippen LogP contribution is -2.67. The first-order chi connectivity index (χ1) is 40.0. The fraction of sp³-hybridized carbons (Fsp3) is 0.754. The number of allylic oxidation sites excluding steroid dienone is 3. The van der Waals surface area contributed by atoms with E-state index >= 15 is 4.79 Å². The van der Waals surface area contributed by atoms with Crippen LogP contribution in [-0.2, 0) is 71.3 Å². The molecule has 0 radical (unpaired) electrons. The number of ether oxygens (including phenoxy) is 11. The third-order valence-electron chi connectivity index (χ3n) is 19.9. The number of carbonyl (C=O) groups is 5. The fourth-order valence-corrected chi connectivity index (χ4v) is 15.5. The molecule has 5 heterocycles. The van der Waals surface area contributed by atoms with Crippen molar-refractivity contribution in [2.24, 2.45) is 40.9 Å². The van der Waals surface area contributed by atoms with E-state index in [1.807, 2.05) is 32.9 Å². The lowest BCUT2D eigenvalue weighted by atomic mass is 9.49. The smallest absolute Gasteiger partial charge is 0.407 e. The van der Waals surface area contributed by atoms with E-state index < -0.39 is 180 Å². The molecule has 1 saturated carbocycles. The Morgan fingerprint density at radius 1 is 0.824 bits per heavy atom. The first-order valence-corrected chi connectivity index (χ1v) is 29.9.